The van der Waals surface area contributed by atoms with Crippen LogP contribution in [0.15, 0.2) is 17.2 Å². The molecule has 1 atom stereocenters. The van der Waals surface area contributed by atoms with Gasteiger partial charge in [-0.1, -0.05) is 25.1 Å². The number of likely N-dealkylation sites (tertiary alicyclic amines) is 1. The molecule has 2 rings (SSSR count). The van der Waals surface area contributed by atoms with Gasteiger partial charge in [0, 0.05) is 18.2 Å². The van der Waals surface area contributed by atoms with Gasteiger partial charge < -0.3 is 4.52 Å². The summed E-state index contributed by atoms with van der Waals surface area (Å²) in [7, 11) is 0. The summed E-state index contributed by atoms with van der Waals surface area (Å²) < 4.78 is 5.34. The summed E-state index contributed by atoms with van der Waals surface area (Å²) in [6, 6.07) is 0.482. The van der Waals surface area contributed by atoms with Gasteiger partial charge in [-0.05, 0) is 45.1 Å². The fourth-order valence-corrected chi connectivity index (χ4v) is 3.31. The SMILES string of the molecule is C=CCC(C)(C)CN1CCCC1c1c(C)noc1C. The van der Waals surface area contributed by atoms with Crippen LogP contribution in [0.5, 0.6) is 0 Å². The zero-order chi connectivity index (χ0) is 14.0. The van der Waals surface area contributed by atoms with Crippen LogP contribution >= 0.6 is 0 Å². The third-order valence-electron chi connectivity index (χ3n) is 4.11. The number of aromatic nitrogens is 1. The van der Waals surface area contributed by atoms with Crippen LogP contribution in [0.2, 0.25) is 0 Å². The van der Waals surface area contributed by atoms with Gasteiger partial charge in [-0.2, -0.15) is 0 Å². The Morgan fingerprint density at radius 2 is 2.21 bits per heavy atom. The highest BCUT2D eigenvalue weighted by atomic mass is 16.5. The highest BCUT2D eigenvalue weighted by Gasteiger charge is 2.33. The average Bonchev–Trinajstić information content (AvgIpc) is 2.86. The quantitative estimate of drug-likeness (QED) is 0.750. The molecule has 0 bridgehead atoms. The smallest absolute Gasteiger partial charge is 0.138 e. The fourth-order valence-electron chi connectivity index (χ4n) is 3.31. The minimum Gasteiger partial charge on any atom is -0.361 e. The number of nitrogens with zero attached hydrogens (tertiary/aromatic N) is 2. The number of hydrogen-bond acceptors (Lipinski definition) is 3. The summed E-state index contributed by atoms with van der Waals surface area (Å²) in [5.74, 6) is 0.982. The number of rotatable bonds is 5. The van der Waals surface area contributed by atoms with Gasteiger partial charge in [-0.15, -0.1) is 6.58 Å². The maximum absolute atomic E-state index is 5.34. The van der Waals surface area contributed by atoms with E-state index in [1.54, 1.807) is 0 Å². The molecule has 0 radical (unpaired) electrons. The Labute approximate surface area is 116 Å². The minimum atomic E-state index is 0.281. The van der Waals surface area contributed by atoms with Gasteiger partial charge in [0.05, 0.1) is 5.69 Å². The van der Waals surface area contributed by atoms with Crippen molar-refractivity contribution < 1.29 is 4.52 Å². The Morgan fingerprint density at radius 1 is 1.47 bits per heavy atom. The Morgan fingerprint density at radius 3 is 2.79 bits per heavy atom. The predicted octanol–water partition coefficient (Wildman–Crippen LogP) is 4.03. The van der Waals surface area contributed by atoms with Crippen LogP contribution in [-0.4, -0.2) is 23.1 Å². The van der Waals surface area contributed by atoms with Crippen LogP contribution < -0.4 is 0 Å². The van der Waals surface area contributed by atoms with Crippen LogP contribution in [0.3, 0.4) is 0 Å². The van der Waals surface area contributed by atoms with Gasteiger partial charge in [0.25, 0.3) is 0 Å². The average molecular weight is 262 g/mol. The van der Waals surface area contributed by atoms with E-state index >= 15 is 0 Å². The third-order valence-corrected chi connectivity index (χ3v) is 4.11. The number of hydrogen-bond donors (Lipinski definition) is 0. The van der Waals surface area contributed by atoms with Gasteiger partial charge in [0.2, 0.25) is 0 Å². The molecular weight excluding hydrogens is 236 g/mol. The summed E-state index contributed by atoms with van der Waals surface area (Å²) in [5.41, 5.74) is 2.64. The van der Waals surface area contributed by atoms with E-state index in [2.05, 4.69) is 37.4 Å². The summed E-state index contributed by atoms with van der Waals surface area (Å²) in [4.78, 5) is 2.59. The summed E-state index contributed by atoms with van der Waals surface area (Å²) in [6.45, 7) is 14.9. The highest BCUT2D eigenvalue weighted by Crippen LogP contribution is 2.38. The van der Waals surface area contributed by atoms with Crippen LogP contribution in [0.1, 0.15) is 56.2 Å². The Hall–Kier alpha value is -1.09. The molecular formula is C16H26N2O. The maximum atomic E-state index is 5.34. The Bertz CT molecular complexity index is 428. The van der Waals surface area contributed by atoms with Crippen LogP contribution in [0.4, 0.5) is 0 Å². The van der Waals surface area contributed by atoms with E-state index in [0.717, 1.165) is 24.4 Å². The summed E-state index contributed by atoms with van der Waals surface area (Å²) >= 11 is 0. The molecule has 1 aliphatic heterocycles. The van der Waals surface area contributed by atoms with E-state index in [1.807, 2.05) is 13.0 Å². The summed E-state index contributed by atoms with van der Waals surface area (Å²) in [5, 5.41) is 4.11. The van der Waals surface area contributed by atoms with Gasteiger partial charge in [-0.3, -0.25) is 4.90 Å². The van der Waals surface area contributed by atoms with Crippen molar-refractivity contribution >= 4 is 0 Å². The van der Waals surface area contributed by atoms with Gasteiger partial charge in [0.1, 0.15) is 5.76 Å². The molecule has 0 saturated carbocycles. The van der Waals surface area contributed by atoms with Crippen LogP contribution in [0, 0.1) is 19.3 Å². The fraction of sp³-hybridized carbons (Fsp3) is 0.688. The lowest BCUT2D eigenvalue weighted by molar-refractivity contribution is 0.165. The van der Waals surface area contributed by atoms with Crippen molar-refractivity contribution in [3.05, 3.63) is 29.7 Å². The number of aryl methyl sites for hydroxylation is 2. The Balaban J connectivity index is 2.16. The predicted molar refractivity (Wildman–Crippen MR) is 78.1 cm³/mol. The third kappa shape index (κ3) is 3.08. The lowest BCUT2D eigenvalue weighted by atomic mass is 9.88. The molecule has 3 heteroatoms. The molecule has 0 amide bonds. The molecule has 1 saturated heterocycles. The van der Waals surface area contributed by atoms with Gasteiger partial charge >= 0.3 is 0 Å². The minimum absolute atomic E-state index is 0.281. The second-order valence-electron chi connectivity index (χ2n) is 6.52. The second-order valence-corrected chi connectivity index (χ2v) is 6.52. The monoisotopic (exact) mass is 262 g/mol. The molecule has 2 heterocycles. The lowest BCUT2D eigenvalue weighted by Gasteiger charge is -2.33. The van der Waals surface area contributed by atoms with E-state index in [1.165, 1.54) is 24.9 Å². The largest absolute Gasteiger partial charge is 0.361 e. The molecule has 3 nitrogen and oxygen atoms in total. The van der Waals surface area contributed by atoms with Crippen LogP contribution in [0.25, 0.3) is 0 Å². The molecule has 0 N–H and O–H groups in total. The highest BCUT2D eigenvalue weighted by molar-refractivity contribution is 5.26. The zero-order valence-electron chi connectivity index (χ0n) is 12.7. The van der Waals surface area contributed by atoms with Crippen molar-refractivity contribution in [2.75, 3.05) is 13.1 Å². The van der Waals surface area contributed by atoms with E-state index in [0.29, 0.717) is 6.04 Å². The lowest BCUT2D eigenvalue weighted by Crippen LogP contribution is -2.34. The van der Waals surface area contributed by atoms with E-state index in [4.69, 9.17) is 4.52 Å². The molecule has 0 aromatic carbocycles. The summed E-state index contributed by atoms with van der Waals surface area (Å²) in [6.07, 6.45) is 5.56. The Kier molecular flexibility index (Phi) is 4.14. The van der Waals surface area contributed by atoms with Crippen molar-refractivity contribution in [3.63, 3.8) is 0 Å². The van der Waals surface area contributed by atoms with Crippen molar-refractivity contribution in [3.8, 4) is 0 Å². The van der Waals surface area contributed by atoms with Crippen molar-refractivity contribution in [2.24, 2.45) is 5.41 Å². The van der Waals surface area contributed by atoms with Crippen molar-refractivity contribution in [2.45, 2.75) is 53.0 Å². The van der Waals surface area contributed by atoms with Crippen molar-refractivity contribution in [1.29, 1.82) is 0 Å². The molecule has 19 heavy (non-hydrogen) atoms. The maximum Gasteiger partial charge on any atom is 0.138 e. The topological polar surface area (TPSA) is 29.3 Å². The normalized spacial score (nSPS) is 20.9. The van der Waals surface area contributed by atoms with Crippen LogP contribution in [-0.2, 0) is 0 Å². The molecule has 1 aromatic heterocycles. The molecule has 0 spiro atoms. The van der Waals surface area contributed by atoms with E-state index < -0.39 is 0 Å². The standard InChI is InChI=1S/C16H26N2O/c1-6-9-16(4,5)11-18-10-7-8-14(18)15-12(2)17-19-13(15)3/h6,14H,1,7-11H2,2-5H3. The first-order valence-corrected chi connectivity index (χ1v) is 7.22. The number of allylic oxidation sites excluding steroid dienone is 1. The molecule has 106 valence electrons. The van der Waals surface area contributed by atoms with Gasteiger partial charge in [0.15, 0.2) is 0 Å². The zero-order valence-corrected chi connectivity index (χ0v) is 12.7. The first-order valence-electron chi connectivity index (χ1n) is 7.22. The second kappa shape index (κ2) is 5.49. The van der Waals surface area contributed by atoms with Gasteiger partial charge in [-0.25, -0.2) is 0 Å². The first-order chi connectivity index (χ1) is 8.94. The molecule has 1 aromatic rings. The first kappa shape index (κ1) is 14.3. The van der Waals surface area contributed by atoms with Crippen molar-refractivity contribution in [1.82, 2.24) is 10.1 Å². The molecule has 1 fully saturated rings. The molecule has 0 aliphatic carbocycles. The molecule has 1 unspecified atom stereocenters. The molecule has 1 aliphatic rings. The van der Waals surface area contributed by atoms with E-state index in [9.17, 15) is 0 Å². The van der Waals surface area contributed by atoms with E-state index in [-0.39, 0.29) is 5.41 Å².